The molecule has 1 aromatic carbocycles. The van der Waals surface area contributed by atoms with Crippen LogP contribution in [0.15, 0.2) is 30.3 Å². The Bertz CT molecular complexity index is 401. The molecule has 0 aliphatic carbocycles. The average Bonchev–Trinajstić information content (AvgIpc) is 2.52. The average molecular weight is 291 g/mol. The van der Waals surface area contributed by atoms with E-state index in [4.69, 9.17) is 4.74 Å². The minimum atomic E-state index is -0.159. The summed E-state index contributed by atoms with van der Waals surface area (Å²) >= 11 is 0. The molecule has 0 bridgehead atoms. The van der Waals surface area contributed by atoms with Gasteiger partial charge in [-0.3, -0.25) is 4.79 Å². The van der Waals surface area contributed by atoms with Gasteiger partial charge in [0.15, 0.2) is 0 Å². The van der Waals surface area contributed by atoms with E-state index in [1.54, 1.807) is 0 Å². The molecule has 0 N–H and O–H groups in total. The summed E-state index contributed by atoms with van der Waals surface area (Å²) in [6.07, 6.45) is 0.963. The van der Waals surface area contributed by atoms with E-state index in [0.29, 0.717) is 6.61 Å². The normalized spacial score (nSPS) is 14.0. The zero-order valence-electron chi connectivity index (χ0n) is 13.8. The van der Waals surface area contributed by atoms with Crippen LogP contribution in [0.2, 0.25) is 0 Å². The van der Waals surface area contributed by atoms with E-state index < -0.39 is 0 Å². The molecule has 2 atom stereocenters. The number of esters is 1. The first-order valence-electron chi connectivity index (χ1n) is 8.07. The highest BCUT2D eigenvalue weighted by molar-refractivity contribution is 5.78. The lowest BCUT2D eigenvalue weighted by Gasteiger charge is -2.23. The van der Waals surface area contributed by atoms with Crippen LogP contribution in [0, 0.1) is 5.92 Å². The lowest BCUT2D eigenvalue weighted by atomic mass is 9.86. The van der Waals surface area contributed by atoms with Gasteiger partial charge in [-0.15, -0.1) is 0 Å². The van der Waals surface area contributed by atoms with Crippen LogP contribution in [0.5, 0.6) is 0 Å². The molecule has 0 spiro atoms. The number of hydrogen-bond acceptors (Lipinski definition) is 3. The molecule has 0 saturated carbocycles. The summed E-state index contributed by atoms with van der Waals surface area (Å²) in [5.74, 6) is 0.0314. The van der Waals surface area contributed by atoms with Crippen LogP contribution in [0.3, 0.4) is 0 Å². The summed E-state index contributed by atoms with van der Waals surface area (Å²) in [5.41, 5.74) is 1.06. The Kier molecular flexibility index (Phi) is 8.06. The van der Waals surface area contributed by atoms with E-state index in [1.165, 1.54) is 0 Å². The van der Waals surface area contributed by atoms with Crippen LogP contribution in [0.4, 0.5) is 0 Å². The Morgan fingerprint density at radius 2 is 1.76 bits per heavy atom. The highest BCUT2D eigenvalue weighted by atomic mass is 16.5. The number of benzene rings is 1. The summed E-state index contributed by atoms with van der Waals surface area (Å²) in [6, 6.07) is 9.97. The maximum atomic E-state index is 12.5. The van der Waals surface area contributed by atoms with Crippen molar-refractivity contribution in [2.45, 2.75) is 40.0 Å². The van der Waals surface area contributed by atoms with Gasteiger partial charge in [-0.1, -0.05) is 64.4 Å². The Morgan fingerprint density at radius 3 is 2.29 bits per heavy atom. The molecule has 1 aromatic rings. The zero-order valence-corrected chi connectivity index (χ0v) is 13.8. The van der Waals surface area contributed by atoms with Gasteiger partial charge in [0, 0.05) is 6.54 Å². The molecule has 0 heterocycles. The monoisotopic (exact) mass is 291 g/mol. The number of nitrogens with zero attached hydrogens (tertiary/aromatic N) is 1. The molecule has 1 rings (SSSR count). The zero-order chi connectivity index (χ0) is 15.7. The van der Waals surface area contributed by atoms with E-state index in [9.17, 15) is 4.79 Å². The van der Waals surface area contributed by atoms with Gasteiger partial charge in [0.2, 0.25) is 0 Å². The van der Waals surface area contributed by atoms with Crippen LogP contribution in [0.25, 0.3) is 0 Å². The van der Waals surface area contributed by atoms with Crippen LogP contribution >= 0.6 is 0 Å². The Morgan fingerprint density at radius 1 is 1.14 bits per heavy atom. The van der Waals surface area contributed by atoms with Crippen molar-refractivity contribution in [1.82, 2.24) is 4.90 Å². The first kappa shape index (κ1) is 17.7. The predicted octanol–water partition coefficient (Wildman–Crippen LogP) is 3.70. The fraction of sp³-hybridized carbons (Fsp3) is 0.611. The highest BCUT2D eigenvalue weighted by Gasteiger charge is 2.27. The molecule has 0 unspecified atom stereocenters. The van der Waals surface area contributed by atoms with Crippen LogP contribution < -0.4 is 0 Å². The molecule has 0 aliphatic heterocycles. The van der Waals surface area contributed by atoms with Crippen molar-refractivity contribution in [2.24, 2.45) is 5.92 Å². The van der Waals surface area contributed by atoms with Crippen LogP contribution in [0.1, 0.15) is 45.6 Å². The Hall–Kier alpha value is -1.35. The molecule has 0 aliphatic rings. The summed E-state index contributed by atoms with van der Waals surface area (Å²) in [7, 11) is 0. The molecule has 3 heteroatoms. The summed E-state index contributed by atoms with van der Waals surface area (Å²) in [4.78, 5) is 14.7. The number of ether oxygens (including phenoxy) is 1. The summed E-state index contributed by atoms with van der Waals surface area (Å²) in [6.45, 7) is 11.7. The quantitative estimate of drug-likeness (QED) is 0.650. The van der Waals surface area contributed by atoms with Crippen molar-refractivity contribution >= 4 is 5.97 Å². The lowest BCUT2D eigenvalue weighted by Crippen LogP contribution is -2.30. The predicted molar refractivity (Wildman–Crippen MR) is 87.4 cm³/mol. The van der Waals surface area contributed by atoms with Gasteiger partial charge in [0.05, 0.1) is 5.92 Å². The molecule has 21 heavy (non-hydrogen) atoms. The SMILES string of the molecule is CC[C@@H](C)[C@@H](C(=O)OCCN(CC)CC)c1ccccc1. The molecule has 0 saturated heterocycles. The van der Waals surface area contributed by atoms with Crippen molar-refractivity contribution in [3.8, 4) is 0 Å². The number of rotatable bonds is 9. The minimum Gasteiger partial charge on any atom is -0.464 e. The third-order valence-electron chi connectivity index (χ3n) is 4.17. The molecule has 0 aromatic heterocycles. The van der Waals surface area contributed by atoms with Gasteiger partial charge >= 0.3 is 5.97 Å². The van der Waals surface area contributed by atoms with Gasteiger partial charge in [-0.25, -0.2) is 0 Å². The summed E-state index contributed by atoms with van der Waals surface area (Å²) < 4.78 is 5.54. The molecule has 0 radical (unpaired) electrons. The molecular formula is C18H29NO2. The highest BCUT2D eigenvalue weighted by Crippen LogP contribution is 2.28. The Labute approximate surface area is 129 Å². The molecule has 3 nitrogen and oxygen atoms in total. The van der Waals surface area contributed by atoms with E-state index in [-0.39, 0.29) is 17.8 Å². The van der Waals surface area contributed by atoms with E-state index in [1.807, 2.05) is 30.3 Å². The third-order valence-corrected chi connectivity index (χ3v) is 4.17. The Balaban J connectivity index is 2.65. The topological polar surface area (TPSA) is 29.5 Å². The molecule has 0 fully saturated rings. The second kappa shape index (κ2) is 9.56. The number of hydrogen-bond donors (Lipinski definition) is 0. The molecule has 118 valence electrons. The number of carbonyl (C=O) groups excluding carboxylic acids is 1. The van der Waals surface area contributed by atoms with Gasteiger partial charge < -0.3 is 9.64 Å². The van der Waals surface area contributed by atoms with Crippen LogP contribution in [-0.4, -0.2) is 37.1 Å². The second-order valence-corrected chi connectivity index (χ2v) is 5.47. The van der Waals surface area contributed by atoms with E-state index >= 15 is 0 Å². The van der Waals surface area contributed by atoms with Gasteiger partial charge in [0.25, 0.3) is 0 Å². The van der Waals surface area contributed by atoms with Crippen molar-refractivity contribution in [3.63, 3.8) is 0 Å². The molecule has 0 amide bonds. The minimum absolute atomic E-state index is 0.0947. The fourth-order valence-corrected chi connectivity index (χ4v) is 2.50. The maximum Gasteiger partial charge on any atom is 0.313 e. The molecular weight excluding hydrogens is 262 g/mol. The first-order valence-corrected chi connectivity index (χ1v) is 8.07. The third kappa shape index (κ3) is 5.50. The van der Waals surface area contributed by atoms with Crippen molar-refractivity contribution in [3.05, 3.63) is 35.9 Å². The standard InChI is InChI=1S/C18H29NO2/c1-5-15(4)17(16-11-9-8-10-12-16)18(20)21-14-13-19(6-2)7-3/h8-12,15,17H,5-7,13-14H2,1-4H3/t15-,17-/m1/s1. The van der Waals surface area contributed by atoms with Crippen molar-refractivity contribution in [1.29, 1.82) is 0 Å². The van der Waals surface area contributed by atoms with Crippen molar-refractivity contribution in [2.75, 3.05) is 26.2 Å². The van der Waals surface area contributed by atoms with Crippen molar-refractivity contribution < 1.29 is 9.53 Å². The van der Waals surface area contributed by atoms with E-state index in [2.05, 4.69) is 32.6 Å². The lowest BCUT2D eigenvalue weighted by molar-refractivity contribution is -0.147. The van der Waals surface area contributed by atoms with E-state index in [0.717, 1.165) is 31.6 Å². The number of likely N-dealkylation sites (N-methyl/N-ethyl adjacent to an activating group) is 1. The smallest absolute Gasteiger partial charge is 0.313 e. The largest absolute Gasteiger partial charge is 0.464 e. The van der Waals surface area contributed by atoms with Crippen LogP contribution in [-0.2, 0) is 9.53 Å². The van der Waals surface area contributed by atoms with Gasteiger partial charge in [-0.2, -0.15) is 0 Å². The van der Waals surface area contributed by atoms with Gasteiger partial charge in [-0.05, 0) is 24.6 Å². The summed E-state index contributed by atoms with van der Waals surface area (Å²) in [5, 5.41) is 0. The first-order chi connectivity index (χ1) is 10.1. The maximum absolute atomic E-state index is 12.5. The second-order valence-electron chi connectivity index (χ2n) is 5.47. The fourth-order valence-electron chi connectivity index (χ4n) is 2.50. The number of carbonyl (C=O) groups is 1. The van der Waals surface area contributed by atoms with Gasteiger partial charge in [0.1, 0.15) is 6.61 Å².